The maximum Gasteiger partial charge on any atom is 0.260 e. The molecule has 0 saturated heterocycles. The highest BCUT2D eigenvalue weighted by molar-refractivity contribution is 5.96. The average molecular weight is 359 g/mol. The number of amides is 3. The number of anilines is 1. The molecule has 8 heteroatoms. The largest absolute Gasteiger partial charge is 0.483 e. The molecule has 0 saturated carbocycles. The van der Waals surface area contributed by atoms with E-state index in [4.69, 9.17) is 10.5 Å². The summed E-state index contributed by atoms with van der Waals surface area (Å²) in [6, 6.07) is 11.5. The molecule has 26 heavy (non-hydrogen) atoms. The summed E-state index contributed by atoms with van der Waals surface area (Å²) in [7, 11) is 1.44. The van der Waals surface area contributed by atoms with E-state index in [0.717, 1.165) is 0 Å². The minimum atomic E-state index is -0.667. The summed E-state index contributed by atoms with van der Waals surface area (Å²) >= 11 is 0. The highest BCUT2D eigenvalue weighted by Crippen LogP contribution is 2.17. The molecule has 136 valence electrons. The van der Waals surface area contributed by atoms with E-state index in [0.29, 0.717) is 5.69 Å². The van der Waals surface area contributed by atoms with Gasteiger partial charge >= 0.3 is 0 Å². The third kappa shape index (κ3) is 5.30. The second-order valence-corrected chi connectivity index (χ2v) is 5.45. The Labute approximate surface area is 149 Å². The maximum atomic E-state index is 12.8. The van der Waals surface area contributed by atoms with Crippen molar-refractivity contribution in [2.24, 2.45) is 5.73 Å². The van der Waals surface area contributed by atoms with Gasteiger partial charge in [-0.1, -0.05) is 12.1 Å². The zero-order chi connectivity index (χ0) is 19.1. The van der Waals surface area contributed by atoms with Crippen molar-refractivity contribution in [3.63, 3.8) is 0 Å². The lowest BCUT2D eigenvalue weighted by atomic mass is 10.2. The van der Waals surface area contributed by atoms with Gasteiger partial charge in [-0.3, -0.25) is 14.4 Å². The number of likely N-dealkylation sites (N-methyl/N-ethyl adjacent to an activating group) is 1. The summed E-state index contributed by atoms with van der Waals surface area (Å²) < 4.78 is 18.2. The molecule has 3 N–H and O–H groups in total. The van der Waals surface area contributed by atoms with Crippen molar-refractivity contribution in [2.45, 2.75) is 0 Å². The smallest absolute Gasteiger partial charge is 0.260 e. The summed E-state index contributed by atoms with van der Waals surface area (Å²) in [5.74, 6) is -1.79. The van der Waals surface area contributed by atoms with Crippen LogP contribution in [0.15, 0.2) is 48.5 Å². The minimum Gasteiger partial charge on any atom is -0.483 e. The number of para-hydroxylation sites is 1. The number of nitrogens with two attached hydrogens (primary N) is 1. The van der Waals surface area contributed by atoms with E-state index in [2.05, 4.69) is 5.32 Å². The quantitative estimate of drug-likeness (QED) is 0.780. The number of nitrogens with zero attached hydrogens (tertiary/aromatic N) is 1. The molecule has 0 unspecified atom stereocenters. The first-order chi connectivity index (χ1) is 12.4. The van der Waals surface area contributed by atoms with Crippen molar-refractivity contribution in [1.29, 1.82) is 0 Å². The van der Waals surface area contributed by atoms with Crippen molar-refractivity contribution < 1.29 is 23.5 Å². The highest BCUT2D eigenvalue weighted by Gasteiger charge is 2.15. The van der Waals surface area contributed by atoms with Crippen LogP contribution >= 0.6 is 0 Å². The number of hydrogen-bond donors (Lipinski definition) is 2. The van der Waals surface area contributed by atoms with Crippen LogP contribution in [0.5, 0.6) is 5.75 Å². The Morgan fingerprint density at radius 1 is 1.12 bits per heavy atom. The summed E-state index contributed by atoms with van der Waals surface area (Å²) in [5.41, 5.74) is 5.82. The number of primary amides is 1. The van der Waals surface area contributed by atoms with E-state index in [1.165, 1.54) is 48.3 Å². The van der Waals surface area contributed by atoms with Crippen molar-refractivity contribution in [2.75, 3.05) is 25.5 Å². The zero-order valence-electron chi connectivity index (χ0n) is 14.1. The zero-order valence-corrected chi connectivity index (χ0v) is 14.1. The summed E-state index contributed by atoms with van der Waals surface area (Å²) in [6.45, 7) is -0.568. The normalized spacial score (nSPS) is 10.1. The molecule has 3 amide bonds. The van der Waals surface area contributed by atoms with Gasteiger partial charge in [-0.15, -0.1) is 0 Å². The van der Waals surface area contributed by atoms with Gasteiger partial charge in [-0.2, -0.15) is 0 Å². The van der Waals surface area contributed by atoms with Gasteiger partial charge in [0.1, 0.15) is 11.6 Å². The topological polar surface area (TPSA) is 102 Å². The fourth-order valence-corrected chi connectivity index (χ4v) is 2.08. The monoisotopic (exact) mass is 359 g/mol. The van der Waals surface area contributed by atoms with Gasteiger partial charge in [0.15, 0.2) is 6.61 Å². The average Bonchev–Trinajstić information content (AvgIpc) is 2.61. The molecule has 0 aromatic heterocycles. The SMILES string of the molecule is CN(CC(=O)Nc1ccc(F)cc1)C(=O)COc1ccccc1C(N)=O. The Kier molecular flexibility index (Phi) is 6.26. The number of ether oxygens (including phenoxy) is 1. The van der Waals surface area contributed by atoms with Crippen LogP contribution in [0.1, 0.15) is 10.4 Å². The van der Waals surface area contributed by atoms with Gasteiger partial charge < -0.3 is 20.7 Å². The molecule has 2 aromatic rings. The van der Waals surface area contributed by atoms with Crippen LogP contribution in [0, 0.1) is 5.82 Å². The van der Waals surface area contributed by atoms with Crippen LogP contribution in [0.4, 0.5) is 10.1 Å². The second-order valence-electron chi connectivity index (χ2n) is 5.45. The molecular formula is C18H18FN3O4. The molecule has 7 nitrogen and oxygen atoms in total. The Hall–Kier alpha value is -3.42. The fourth-order valence-electron chi connectivity index (χ4n) is 2.08. The number of nitrogens with one attached hydrogen (secondary N) is 1. The lowest BCUT2D eigenvalue weighted by molar-refractivity contribution is -0.135. The number of halogens is 1. The third-order valence-electron chi connectivity index (χ3n) is 3.44. The summed E-state index contributed by atoms with van der Waals surface area (Å²) in [5, 5.41) is 2.55. The Balaban J connectivity index is 1.86. The molecule has 0 aliphatic rings. The van der Waals surface area contributed by atoms with E-state index in [1.54, 1.807) is 12.1 Å². The molecule has 0 aliphatic heterocycles. The number of carbonyl (C=O) groups excluding carboxylic acids is 3. The van der Waals surface area contributed by atoms with Crippen LogP contribution in [-0.4, -0.2) is 42.8 Å². The third-order valence-corrected chi connectivity index (χ3v) is 3.44. The molecule has 0 spiro atoms. The van der Waals surface area contributed by atoms with Gasteiger partial charge in [-0.05, 0) is 36.4 Å². The van der Waals surface area contributed by atoms with Gasteiger partial charge in [-0.25, -0.2) is 4.39 Å². The number of hydrogen-bond acceptors (Lipinski definition) is 4. The molecular weight excluding hydrogens is 341 g/mol. The predicted octanol–water partition coefficient (Wildman–Crippen LogP) is 1.40. The van der Waals surface area contributed by atoms with Crippen molar-refractivity contribution >= 4 is 23.4 Å². The minimum absolute atomic E-state index is 0.164. The van der Waals surface area contributed by atoms with Gasteiger partial charge in [0.05, 0.1) is 12.1 Å². The number of carbonyl (C=O) groups is 3. The lowest BCUT2D eigenvalue weighted by Gasteiger charge is -2.17. The molecule has 0 fully saturated rings. The highest BCUT2D eigenvalue weighted by atomic mass is 19.1. The van der Waals surface area contributed by atoms with Gasteiger partial charge in [0.2, 0.25) is 5.91 Å². The number of rotatable bonds is 7. The summed E-state index contributed by atoms with van der Waals surface area (Å²) in [4.78, 5) is 36.5. The first-order valence-corrected chi connectivity index (χ1v) is 7.68. The van der Waals surface area contributed by atoms with Crippen molar-refractivity contribution in [3.8, 4) is 5.75 Å². The van der Waals surface area contributed by atoms with Crippen LogP contribution in [0.2, 0.25) is 0 Å². The van der Waals surface area contributed by atoms with E-state index in [-0.39, 0.29) is 24.5 Å². The molecule has 0 radical (unpaired) electrons. The van der Waals surface area contributed by atoms with Crippen LogP contribution < -0.4 is 15.8 Å². The predicted molar refractivity (Wildman–Crippen MR) is 93.1 cm³/mol. The fraction of sp³-hybridized carbons (Fsp3) is 0.167. The van der Waals surface area contributed by atoms with E-state index >= 15 is 0 Å². The van der Waals surface area contributed by atoms with Gasteiger partial charge in [0.25, 0.3) is 11.8 Å². The lowest BCUT2D eigenvalue weighted by Crippen LogP contribution is -2.37. The Morgan fingerprint density at radius 2 is 1.77 bits per heavy atom. The Morgan fingerprint density at radius 3 is 2.42 bits per heavy atom. The summed E-state index contributed by atoms with van der Waals surface area (Å²) in [6.07, 6.45) is 0. The molecule has 0 bridgehead atoms. The van der Waals surface area contributed by atoms with Crippen LogP contribution in [0.3, 0.4) is 0 Å². The van der Waals surface area contributed by atoms with Gasteiger partial charge in [0, 0.05) is 12.7 Å². The van der Waals surface area contributed by atoms with E-state index in [9.17, 15) is 18.8 Å². The van der Waals surface area contributed by atoms with E-state index in [1.807, 2.05) is 0 Å². The van der Waals surface area contributed by atoms with Crippen LogP contribution in [0.25, 0.3) is 0 Å². The second kappa shape index (κ2) is 8.61. The van der Waals surface area contributed by atoms with Crippen molar-refractivity contribution in [3.05, 3.63) is 59.9 Å². The molecule has 2 aromatic carbocycles. The number of benzene rings is 2. The van der Waals surface area contributed by atoms with Crippen LogP contribution in [-0.2, 0) is 9.59 Å². The maximum absolute atomic E-state index is 12.8. The molecule has 0 atom stereocenters. The first-order valence-electron chi connectivity index (χ1n) is 7.68. The molecule has 0 heterocycles. The molecule has 0 aliphatic carbocycles. The van der Waals surface area contributed by atoms with E-state index < -0.39 is 23.5 Å². The first kappa shape index (κ1) is 18.9. The Bertz CT molecular complexity index is 808. The standard InChI is InChI=1S/C18H18FN3O4/c1-22(10-16(23)21-13-8-6-12(19)7-9-13)17(24)11-26-15-5-3-2-4-14(15)18(20)25/h2-9H,10-11H2,1H3,(H2,20,25)(H,21,23). The van der Waals surface area contributed by atoms with Crippen molar-refractivity contribution in [1.82, 2.24) is 4.90 Å². The molecule has 2 rings (SSSR count).